The number of hydrogen-bond donors (Lipinski definition) is 2. The molecule has 0 radical (unpaired) electrons. The van der Waals surface area contributed by atoms with Gasteiger partial charge >= 0.3 is 0 Å². The average molecular weight is 284 g/mol. The van der Waals surface area contributed by atoms with Gasteiger partial charge in [-0.25, -0.2) is 0 Å². The molecule has 2 nitrogen and oxygen atoms in total. The van der Waals surface area contributed by atoms with Gasteiger partial charge in [0.2, 0.25) is 0 Å². The topological polar surface area (TPSA) is 47.7 Å². The molecular weight excluding hydrogens is 268 g/mol. The third kappa shape index (κ3) is 2.72. The maximum Gasteiger partial charge on any atom is 0.0691 e. The Bertz CT molecular complexity index is 735. The third-order valence-corrected chi connectivity index (χ3v) is 3.59. The van der Waals surface area contributed by atoms with Crippen molar-refractivity contribution >= 4 is 11.4 Å². The molecule has 0 aliphatic rings. The summed E-state index contributed by atoms with van der Waals surface area (Å²) >= 11 is 0. The van der Waals surface area contributed by atoms with Crippen LogP contribution in [0.2, 0.25) is 0 Å². The number of rotatable bonds is 4. The molecule has 106 valence electrons. The molecule has 2 heteroatoms. The fourth-order valence-electron chi connectivity index (χ4n) is 2.44. The Morgan fingerprint density at radius 2 is 0.773 bits per heavy atom. The number of nitrogens with one attached hydrogen (secondary N) is 2. The summed E-state index contributed by atoms with van der Waals surface area (Å²) in [4.78, 5) is 0. The second-order valence-electron chi connectivity index (χ2n) is 5.03. The second-order valence-corrected chi connectivity index (χ2v) is 5.03. The van der Waals surface area contributed by atoms with Gasteiger partial charge in [-0.1, -0.05) is 84.9 Å². The van der Waals surface area contributed by atoms with Crippen LogP contribution in [0, 0.1) is 10.8 Å². The molecule has 0 aromatic heterocycles. The predicted molar refractivity (Wildman–Crippen MR) is 91.2 cm³/mol. The number of hydrogen-bond acceptors (Lipinski definition) is 2. The van der Waals surface area contributed by atoms with Gasteiger partial charge in [0.05, 0.1) is 11.4 Å². The molecule has 3 aromatic carbocycles. The average Bonchev–Trinajstić information content (AvgIpc) is 2.62. The van der Waals surface area contributed by atoms with E-state index in [1.165, 1.54) is 0 Å². The summed E-state index contributed by atoms with van der Waals surface area (Å²) in [5.74, 6) is 0. The molecule has 0 aliphatic heterocycles. The Morgan fingerprint density at radius 1 is 0.455 bits per heavy atom. The summed E-state index contributed by atoms with van der Waals surface area (Å²) in [6, 6.07) is 26.9. The Kier molecular flexibility index (Phi) is 3.92. The quantitative estimate of drug-likeness (QED) is 0.662. The molecule has 0 saturated heterocycles. The minimum absolute atomic E-state index is 0.442. The standard InChI is InChI=1S/C20H16N2/c21-19(15-9-3-1-4-10-15)17-13-7-8-14-18(17)20(22)16-11-5-2-6-12-16/h1-14,21-22H. The summed E-state index contributed by atoms with van der Waals surface area (Å²) in [7, 11) is 0. The van der Waals surface area contributed by atoms with Crippen LogP contribution in [0.1, 0.15) is 22.3 Å². The molecule has 0 spiro atoms. The molecule has 22 heavy (non-hydrogen) atoms. The molecule has 0 unspecified atom stereocenters. The Labute approximate surface area is 130 Å². The van der Waals surface area contributed by atoms with E-state index in [0.717, 1.165) is 22.3 Å². The van der Waals surface area contributed by atoms with Gasteiger partial charge in [0.25, 0.3) is 0 Å². The van der Waals surface area contributed by atoms with Gasteiger partial charge in [0, 0.05) is 22.3 Å². The van der Waals surface area contributed by atoms with Crippen molar-refractivity contribution < 1.29 is 0 Å². The lowest BCUT2D eigenvalue weighted by Crippen LogP contribution is -2.11. The molecule has 0 heterocycles. The Morgan fingerprint density at radius 3 is 1.14 bits per heavy atom. The number of benzene rings is 3. The SMILES string of the molecule is N=C(c1ccccc1)c1ccccc1C(=N)c1ccccc1. The molecule has 3 rings (SSSR count). The molecule has 0 saturated carbocycles. The van der Waals surface area contributed by atoms with E-state index < -0.39 is 0 Å². The predicted octanol–water partition coefficient (Wildman–Crippen LogP) is 4.52. The highest BCUT2D eigenvalue weighted by molar-refractivity contribution is 6.21. The van der Waals surface area contributed by atoms with E-state index in [2.05, 4.69) is 0 Å². The first kappa shape index (κ1) is 14.0. The molecule has 0 amide bonds. The highest BCUT2D eigenvalue weighted by Gasteiger charge is 2.13. The summed E-state index contributed by atoms with van der Waals surface area (Å²) in [6.45, 7) is 0. The lowest BCUT2D eigenvalue weighted by atomic mass is 9.92. The van der Waals surface area contributed by atoms with E-state index in [0.29, 0.717) is 11.4 Å². The highest BCUT2D eigenvalue weighted by Crippen LogP contribution is 2.18. The zero-order valence-electron chi connectivity index (χ0n) is 12.1. The van der Waals surface area contributed by atoms with Crippen LogP contribution in [-0.4, -0.2) is 11.4 Å². The summed E-state index contributed by atoms with van der Waals surface area (Å²) in [5.41, 5.74) is 4.16. The zero-order valence-corrected chi connectivity index (χ0v) is 12.1. The maximum atomic E-state index is 8.47. The van der Waals surface area contributed by atoms with Crippen molar-refractivity contribution in [2.45, 2.75) is 0 Å². The smallest absolute Gasteiger partial charge is 0.0691 e. The first-order valence-corrected chi connectivity index (χ1v) is 7.15. The van der Waals surface area contributed by atoms with Crippen LogP contribution in [0.5, 0.6) is 0 Å². The van der Waals surface area contributed by atoms with E-state index in [1.54, 1.807) is 0 Å². The van der Waals surface area contributed by atoms with E-state index in [1.807, 2.05) is 84.9 Å². The van der Waals surface area contributed by atoms with Crippen LogP contribution in [0.4, 0.5) is 0 Å². The van der Waals surface area contributed by atoms with Crippen LogP contribution < -0.4 is 0 Å². The third-order valence-electron chi connectivity index (χ3n) is 3.59. The second kappa shape index (κ2) is 6.19. The Balaban J connectivity index is 2.04. The first-order chi connectivity index (χ1) is 10.8. The summed E-state index contributed by atoms with van der Waals surface area (Å²) < 4.78 is 0. The lowest BCUT2D eigenvalue weighted by molar-refractivity contribution is 1.41. The summed E-state index contributed by atoms with van der Waals surface area (Å²) in [6.07, 6.45) is 0. The normalized spacial score (nSPS) is 10.2. The minimum Gasteiger partial charge on any atom is -0.300 e. The van der Waals surface area contributed by atoms with Crippen LogP contribution in [0.15, 0.2) is 84.9 Å². The lowest BCUT2D eigenvalue weighted by Gasteiger charge is -2.12. The molecule has 0 bridgehead atoms. The molecule has 3 aromatic rings. The van der Waals surface area contributed by atoms with Crippen LogP contribution >= 0.6 is 0 Å². The van der Waals surface area contributed by atoms with E-state index in [4.69, 9.17) is 10.8 Å². The van der Waals surface area contributed by atoms with Gasteiger partial charge in [-0.15, -0.1) is 0 Å². The molecule has 2 N–H and O–H groups in total. The zero-order chi connectivity index (χ0) is 15.4. The van der Waals surface area contributed by atoms with Crippen molar-refractivity contribution in [3.63, 3.8) is 0 Å². The van der Waals surface area contributed by atoms with Crippen molar-refractivity contribution in [1.82, 2.24) is 0 Å². The molecule has 0 aliphatic carbocycles. The largest absolute Gasteiger partial charge is 0.300 e. The summed E-state index contributed by atoms with van der Waals surface area (Å²) in [5, 5.41) is 16.9. The van der Waals surface area contributed by atoms with E-state index in [9.17, 15) is 0 Å². The van der Waals surface area contributed by atoms with Gasteiger partial charge < -0.3 is 0 Å². The monoisotopic (exact) mass is 284 g/mol. The first-order valence-electron chi connectivity index (χ1n) is 7.15. The van der Waals surface area contributed by atoms with Crippen LogP contribution in [0.3, 0.4) is 0 Å². The fraction of sp³-hybridized carbons (Fsp3) is 0. The van der Waals surface area contributed by atoms with Gasteiger partial charge in [-0.3, -0.25) is 10.8 Å². The van der Waals surface area contributed by atoms with Gasteiger partial charge in [-0.05, 0) is 0 Å². The minimum atomic E-state index is 0.442. The van der Waals surface area contributed by atoms with Crippen molar-refractivity contribution in [2.24, 2.45) is 0 Å². The van der Waals surface area contributed by atoms with Gasteiger partial charge in [0.15, 0.2) is 0 Å². The van der Waals surface area contributed by atoms with Gasteiger partial charge in [-0.2, -0.15) is 0 Å². The van der Waals surface area contributed by atoms with Crippen molar-refractivity contribution in [1.29, 1.82) is 10.8 Å². The van der Waals surface area contributed by atoms with Crippen LogP contribution in [0.25, 0.3) is 0 Å². The van der Waals surface area contributed by atoms with Gasteiger partial charge in [0.1, 0.15) is 0 Å². The Hall–Kier alpha value is -3.00. The highest BCUT2D eigenvalue weighted by atomic mass is 14.5. The van der Waals surface area contributed by atoms with Crippen molar-refractivity contribution in [3.05, 3.63) is 107 Å². The van der Waals surface area contributed by atoms with Crippen LogP contribution in [-0.2, 0) is 0 Å². The van der Waals surface area contributed by atoms with Crippen molar-refractivity contribution in [2.75, 3.05) is 0 Å². The van der Waals surface area contributed by atoms with E-state index in [-0.39, 0.29) is 0 Å². The molecular formula is C20H16N2. The van der Waals surface area contributed by atoms with Crippen molar-refractivity contribution in [3.8, 4) is 0 Å². The maximum absolute atomic E-state index is 8.47. The fourth-order valence-corrected chi connectivity index (χ4v) is 2.44. The molecule has 0 fully saturated rings. The van der Waals surface area contributed by atoms with E-state index >= 15 is 0 Å². The molecule has 0 atom stereocenters.